The average Bonchev–Trinajstić information content (AvgIpc) is 2.47. The second kappa shape index (κ2) is 7.41. The zero-order valence-electron chi connectivity index (χ0n) is 14.9. The molecule has 0 bridgehead atoms. The Labute approximate surface area is 151 Å². The van der Waals surface area contributed by atoms with Gasteiger partial charge in [0.1, 0.15) is 17.7 Å². The number of rotatable bonds is 5. The molecule has 8 heteroatoms. The van der Waals surface area contributed by atoms with Crippen molar-refractivity contribution in [2.75, 3.05) is 15.9 Å². The van der Waals surface area contributed by atoms with Crippen LogP contribution in [0.5, 0.6) is 0 Å². The van der Waals surface area contributed by atoms with Crippen molar-refractivity contribution in [3.63, 3.8) is 0 Å². The lowest BCUT2D eigenvalue weighted by Gasteiger charge is -2.28. The fourth-order valence-corrected chi connectivity index (χ4v) is 3.87. The fourth-order valence-electron chi connectivity index (χ4n) is 2.71. The molecule has 26 heavy (non-hydrogen) atoms. The minimum absolute atomic E-state index is 0.225. The van der Waals surface area contributed by atoms with Crippen molar-refractivity contribution in [3.05, 3.63) is 59.2 Å². The van der Waals surface area contributed by atoms with Crippen molar-refractivity contribution in [2.24, 2.45) is 0 Å². The summed E-state index contributed by atoms with van der Waals surface area (Å²) < 4.78 is 52.3. The fraction of sp³-hybridized carbons (Fsp3) is 0.278. The minimum Gasteiger partial charge on any atom is -0.322 e. The van der Waals surface area contributed by atoms with Gasteiger partial charge in [-0.3, -0.25) is 9.10 Å². The summed E-state index contributed by atoms with van der Waals surface area (Å²) in [5.74, 6) is -2.45. The second-order valence-electron chi connectivity index (χ2n) is 6.19. The third kappa shape index (κ3) is 4.57. The quantitative estimate of drug-likeness (QED) is 0.862. The molecule has 0 fully saturated rings. The standard InChI is InChI=1S/C18H20F2N2O3S/c1-11-7-12(2)9-15(8-11)22(26(4,24)25)13(3)18(23)21-17-6-5-14(19)10-16(17)20/h5-10,13H,1-4H3,(H,21,23)/t13-/m0/s1. The molecule has 0 saturated carbocycles. The van der Waals surface area contributed by atoms with E-state index < -0.39 is 33.6 Å². The molecule has 0 aliphatic carbocycles. The SMILES string of the molecule is Cc1cc(C)cc(N([C@@H](C)C(=O)Nc2ccc(F)cc2F)S(C)(=O)=O)c1. The number of halogens is 2. The van der Waals surface area contributed by atoms with Crippen LogP contribution in [0.2, 0.25) is 0 Å². The summed E-state index contributed by atoms with van der Waals surface area (Å²) in [5.41, 5.74) is 1.79. The summed E-state index contributed by atoms with van der Waals surface area (Å²) in [6.45, 7) is 5.03. The molecule has 1 amide bonds. The van der Waals surface area contributed by atoms with E-state index in [-0.39, 0.29) is 5.69 Å². The highest BCUT2D eigenvalue weighted by Crippen LogP contribution is 2.25. The van der Waals surface area contributed by atoms with Crippen LogP contribution >= 0.6 is 0 Å². The molecule has 5 nitrogen and oxygen atoms in total. The Bertz CT molecular complexity index is 925. The van der Waals surface area contributed by atoms with Crippen LogP contribution in [-0.4, -0.2) is 26.6 Å². The molecular weight excluding hydrogens is 362 g/mol. The van der Waals surface area contributed by atoms with Crippen LogP contribution in [0.4, 0.5) is 20.2 Å². The van der Waals surface area contributed by atoms with Crippen LogP contribution in [0.1, 0.15) is 18.1 Å². The maximum atomic E-state index is 13.8. The van der Waals surface area contributed by atoms with E-state index in [0.29, 0.717) is 11.8 Å². The van der Waals surface area contributed by atoms with Crippen LogP contribution in [-0.2, 0) is 14.8 Å². The van der Waals surface area contributed by atoms with Crippen molar-refractivity contribution >= 4 is 27.3 Å². The number of benzene rings is 2. The van der Waals surface area contributed by atoms with Crippen LogP contribution < -0.4 is 9.62 Å². The van der Waals surface area contributed by atoms with Crippen LogP contribution in [0.15, 0.2) is 36.4 Å². The maximum Gasteiger partial charge on any atom is 0.248 e. The molecule has 0 saturated heterocycles. The number of nitrogens with zero attached hydrogens (tertiary/aromatic N) is 1. The number of nitrogens with one attached hydrogen (secondary N) is 1. The molecule has 0 radical (unpaired) electrons. The third-order valence-corrected chi connectivity index (χ3v) is 4.98. The molecular formula is C18H20F2N2O3S. The van der Waals surface area contributed by atoms with Gasteiger partial charge in [0.05, 0.1) is 17.6 Å². The van der Waals surface area contributed by atoms with E-state index in [2.05, 4.69) is 5.32 Å². The summed E-state index contributed by atoms with van der Waals surface area (Å²) in [4.78, 5) is 12.5. The van der Waals surface area contributed by atoms with E-state index in [4.69, 9.17) is 0 Å². The van der Waals surface area contributed by atoms with E-state index in [1.165, 1.54) is 6.92 Å². The van der Waals surface area contributed by atoms with E-state index in [0.717, 1.165) is 33.8 Å². The van der Waals surface area contributed by atoms with Crippen molar-refractivity contribution in [3.8, 4) is 0 Å². The molecule has 0 aliphatic heterocycles. The van der Waals surface area contributed by atoms with Gasteiger partial charge in [-0.15, -0.1) is 0 Å². The molecule has 0 heterocycles. The van der Waals surface area contributed by atoms with Crippen molar-refractivity contribution in [1.29, 1.82) is 0 Å². The van der Waals surface area contributed by atoms with Crippen molar-refractivity contribution in [1.82, 2.24) is 0 Å². The summed E-state index contributed by atoms with van der Waals surface area (Å²) in [6, 6.07) is 6.75. The van der Waals surface area contributed by atoms with Gasteiger partial charge < -0.3 is 5.32 Å². The van der Waals surface area contributed by atoms with Gasteiger partial charge in [-0.25, -0.2) is 17.2 Å². The Morgan fingerprint density at radius 1 is 1.08 bits per heavy atom. The van der Waals surface area contributed by atoms with Gasteiger partial charge >= 0.3 is 0 Å². The van der Waals surface area contributed by atoms with Crippen LogP contribution in [0.25, 0.3) is 0 Å². The van der Waals surface area contributed by atoms with Gasteiger partial charge in [-0.05, 0) is 56.2 Å². The van der Waals surface area contributed by atoms with E-state index in [1.54, 1.807) is 12.1 Å². The molecule has 2 aromatic rings. The van der Waals surface area contributed by atoms with Crippen LogP contribution in [0, 0.1) is 25.5 Å². The Kier molecular flexibility index (Phi) is 5.65. The maximum absolute atomic E-state index is 13.8. The van der Waals surface area contributed by atoms with E-state index in [1.807, 2.05) is 19.9 Å². The molecule has 0 spiro atoms. The summed E-state index contributed by atoms with van der Waals surface area (Å²) >= 11 is 0. The monoisotopic (exact) mass is 382 g/mol. The second-order valence-corrected chi connectivity index (χ2v) is 8.05. The van der Waals surface area contributed by atoms with Crippen molar-refractivity contribution in [2.45, 2.75) is 26.8 Å². The number of sulfonamides is 1. The number of anilines is 2. The number of hydrogen-bond acceptors (Lipinski definition) is 3. The zero-order chi connectivity index (χ0) is 19.6. The third-order valence-electron chi connectivity index (χ3n) is 3.74. The predicted molar refractivity (Wildman–Crippen MR) is 97.7 cm³/mol. The lowest BCUT2D eigenvalue weighted by molar-refractivity contribution is -0.116. The number of carbonyl (C=O) groups excluding carboxylic acids is 1. The first-order chi connectivity index (χ1) is 12.0. The first-order valence-electron chi connectivity index (χ1n) is 7.82. The topological polar surface area (TPSA) is 66.5 Å². The first-order valence-corrected chi connectivity index (χ1v) is 9.67. The molecule has 2 aromatic carbocycles. The Morgan fingerprint density at radius 2 is 1.65 bits per heavy atom. The summed E-state index contributed by atoms with van der Waals surface area (Å²) in [7, 11) is -3.79. The predicted octanol–water partition coefficient (Wildman–Crippen LogP) is 3.37. The first kappa shape index (κ1) is 19.8. The summed E-state index contributed by atoms with van der Waals surface area (Å²) in [5, 5.41) is 2.30. The average molecular weight is 382 g/mol. The Hall–Kier alpha value is -2.48. The van der Waals surface area contributed by atoms with E-state index in [9.17, 15) is 22.0 Å². The molecule has 0 unspecified atom stereocenters. The smallest absolute Gasteiger partial charge is 0.248 e. The number of amides is 1. The lowest BCUT2D eigenvalue weighted by Crippen LogP contribution is -2.45. The number of hydrogen-bond donors (Lipinski definition) is 1. The van der Waals surface area contributed by atoms with E-state index >= 15 is 0 Å². The normalized spacial score (nSPS) is 12.5. The number of carbonyl (C=O) groups is 1. The number of aryl methyl sites for hydroxylation is 2. The Morgan fingerprint density at radius 3 is 2.15 bits per heavy atom. The molecule has 1 N–H and O–H groups in total. The van der Waals surface area contributed by atoms with Crippen molar-refractivity contribution < 1.29 is 22.0 Å². The molecule has 0 aromatic heterocycles. The highest BCUT2D eigenvalue weighted by atomic mass is 32.2. The molecule has 2 rings (SSSR count). The lowest BCUT2D eigenvalue weighted by atomic mass is 10.1. The zero-order valence-corrected chi connectivity index (χ0v) is 15.7. The highest BCUT2D eigenvalue weighted by Gasteiger charge is 2.29. The van der Waals surface area contributed by atoms with Gasteiger partial charge in [-0.1, -0.05) is 6.07 Å². The Balaban J connectivity index is 2.37. The summed E-state index contributed by atoms with van der Waals surface area (Å²) in [6.07, 6.45) is 0.993. The van der Waals surface area contributed by atoms with Gasteiger partial charge in [-0.2, -0.15) is 0 Å². The molecule has 1 atom stereocenters. The highest BCUT2D eigenvalue weighted by molar-refractivity contribution is 7.92. The van der Waals surface area contributed by atoms with Gasteiger partial charge in [0.15, 0.2) is 0 Å². The van der Waals surface area contributed by atoms with Gasteiger partial charge in [0.25, 0.3) is 0 Å². The van der Waals surface area contributed by atoms with Crippen LogP contribution in [0.3, 0.4) is 0 Å². The minimum atomic E-state index is -3.79. The molecule has 140 valence electrons. The largest absolute Gasteiger partial charge is 0.322 e. The van der Waals surface area contributed by atoms with Gasteiger partial charge in [0.2, 0.25) is 15.9 Å². The van der Waals surface area contributed by atoms with Gasteiger partial charge in [0, 0.05) is 6.07 Å². The molecule has 0 aliphatic rings.